The molecule has 6 heteroatoms. The Bertz CT molecular complexity index is 433. The largest absolute Gasteiger partial charge is 0.480 e. The third kappa shape index (κ3) is 3.66. The molecule has 0 saturated heterocycles. The molecule has 98 valence electrons. The van der Waals surface area contributed by atoms with Crippen LogP contribution in [-0.4, -0.2) is 41.4 Å². The monoisotopic (exact) mass is 268 g/mol. The predicted molar refractivity (Wildman–Crippen MR) is 72.1 cm³/mol. The Labute approximate surface area is 110 Å². The van der Waals surface area contributed by atoms with Gasteiger partial charge in [-0.05, 0) is 37.4 Å². The van der Waals surface area contributed by atoms with Gasteiger partial charge in [-0.2, -0.15) is 0 Å². The summed E-state index contributed by atoms with van der Waals surface area (Å²) in [7, 11) is 1.45. The smallest absolute Gasteiger partial charge is 0.326 e. The minimum Gasteiger partial charge on any atom is -0.480 e. The number of carbonyl (C=O) groups excluding carboxylic acids is 1. The Morgan fingerprint density at radius 3 is 2.33 bits per heavy atom. The molecule has 2 amide bonds. The fourth-order valence-electron chi connectivity index (χ4n) is 1.23. The first kappa shape index (κ1) is 14.4. The molecule has 2 N–H and O–H groups in total. The number of carboxylic acids is 1. The Balaban J connectivity index is 2.66. The molecule has 0 saturated carbocycles. The molecule has 1 atom stereocenters. The normalized spacial score (nSPS) is 11.7. The minimum atomic E-state index is -1.04. The molecule has 0 aliphatic rings. The van der Waals surface area contributed by atoms with Gasteiger partial charge in [0.2, 0.25) is 0 Å². The number of urea groups is 1. The third-order valence-electron chi connectivity index (χ3n) is 2.60. The van der Waals surface area contributed by atoms with Gasteiger partial charge in [-0.15, -0.1) is 11.8 Å². The van der Waals surface area contributed by atoms with E-state index in [1.54, 1.807) is 23.9 Å². The van der Waals surface area contributed by atoms with Gasteiger partial charge in [0.15, 0.2) is 0 Å². The van der Waals surface area contributed by atoms with Gasteiger partial charge in [0.05, 0.1) is 0 Å². The number of nitrogens with zero attached hydrogens (tertiary/aromatic N) is 1. The summed E-state index contributed by atoms with van der Waals surface area (Å²) < 4.78 is 0. The summed E-state index contributed by atoms with van der Waals surface area (Å²) in [6, 6.07) is 6.03. The summed E-state index contributed by atoms with van der Waals surface area (Å²) in [5.41, 5.74) is 0.641. The molecule has 1 aromatic carbocycles. The second kappa shape index (κ2) is 6.30. The lowest BCUT2D eigenvalue weighted by atomic mass is 10.3. The molecule has 0 aromatic heterocycles. The summed E-state index contributed by atoms with van der Waals surface area (Å²) in [5, 5.41) is 11.5. The number of likely N-dealkylation sites (N-methyl/N-ethyl adjacent to an activating group) is 1. The molecule has 1 unspecified atom stereocenters. The van der Waals surface area contributed by atoms with Crippen molar-refractivity contribution in [2.45, 2.75) is 17.9 Å². The lowest BCUT2D eigenvalue weighted by Gasteiger charge is -2.21. The fraction of sp³-hybridized carbons (Fsp3) is 0.333. The fourth-order valence-corrected chi connectivity index (χ4v) is 1.64. The predicted octanol–water partition coefficient (Wildman–Crippen LogP) is 2.35. The molecule has 0 fully saturated rings. The van der Waals surface area contributed by atoms with Crippen LogP contribution in [0.1, 0.15) is 6.92 Å². The van der Waals surface area contributed by atoms with Crippen molar-refractivity contribution in [1.82, 2.24) is 4.90 Å². The second-order valence-electron chi connectivity index (χ2n) is 3.78. The van der Waals surface area contributed by atoms with E-state index >= 15 is 0 Å². The number of thioether (sulfide) groups is 1. The van der Waals surface area contributed by atoms with E-state index in [2.05, 4.69) is 5.32 Å². The molecule has 0 aliphatic heterocycles. The summed E-state index contributed by atoms with van der Waals surface area (Å²) in [5.74, 6) is -1.04. The Morgan fingerprint density at radius 1 is 1.33 bits per heavy atom. The molecule has 1 rings (SSSR count). The first-order valence-corrected chi connectivity index (χ1v) is 6.59. The van der Waals surface area contributed by atoms with E-state index in [-0.39, 0.29) is 0 Å². The number of nitrogens with one attached hydrogen (secondary N) is 1. The van der Waals surface area contributed by atoms with E-state index in [0.29, 0.717) is 5.69 Å². The van der Waals surface area contributed by atoms with Crippen molar-refractivity contribution < 1.29 is 14.7 Å². The molecule has 0 radical (unpaired) electrons. The van der Waals surface area contributed by atoms with Crippen LogP contribution >= 0.6 is 11.8 Å². The van der Waals surface area contributed by atoms with Gasteiger partial charge in [-0.25, -0.2) is 9.59 Å². The lowest BCUT2D eigenvalue weighted by Crippen LogP contribution is -2.42. The maximum atomic E-state index is 11.8. The Morgan fingerprint density at radius 2 is 1.89 bits per heavy atom. The van der Waals surface area contributed by atoms with Crippen LogP contribution in [0.4, 0.5) is 10.5 Å². The van der Waals surface area contributed by atoms with Gasteiger partial charge in [0, 0.05) is 17.6 Å². The number of carbonyl (C=O) groups is 2. The number of rotatable bonds is 4. The first-order valence-electron chi connectivity index (χ1n) is 5.36. The van der Waals surface area contributed by atoms with E-state index in [4.69, 9.17) is 5.11 Å². The summed E-state index contributed by atoms with van der Waals surface area (Å²) in [6.45, 7) is 1.46. The van der Waals surface area contributed by atoms with E-state index in [1.807, 2.05) is 18.4 Å². The topological polar surface area (TPSA) is 69.6 Å². The number of hydrogen-bond acceptors (Lipinski definition) is 3. The summed E-state index contributed by atoms with van der Waals surface area (Å²) >= 11 is 1.61. The van der Waals surface area contributed by atoms with Gasteiger partial charge in [-0.3, -0.25) is 0 Å². The maximum absolute atomic E-state index is 11.8. The molecule has 0 heterocycles. The number of hydrogen-bond donors (Lipinski definition) is 2. The average Bonchev–Trinajstić information content (AvgIpc) is 2.37. The van der Waals surface area contributed by atoms with Crippen molar-refractivity contribution in [2.75, 3.05) is 18.6 Å². The number of anilines is 1. The van der Waals surface area contributed by atoms with Crippen LogP contribution in [0.3, 0.4) is 0 Å². The Kier molecular flexibility index (Phi) is 5.03. The molecular weight excluding hydrogens is 252 g/mol. The average molecular weight is 268 g/mol. The highest BCUT2D eigenvalue weighted by atomic mass is 32.2. The first-order chi connectivity index (χ1) is 8.45. The number of amides is 2. The molecule has 18 heavy (non-hydrogen) atoms. The Hall–Kier alpha value is -1.69. The highest BCUT2D eigenvalue weighted by Crippen LogP contribution is 2.17. The van der Waals surface area contributed by atoms with Crippen molar-refractivity contribution in [3.05, 3.63) is 24.3 Å². The van der Waals surface area contributed by atoms with Crippen LogP contribution in [-0.2, 0) is 4.79 Å². The van der Waals surface area contributed by atoms with E-state index in [0.717, 1.165) is 9.80 Å². The third-order valence-corrected chi connectivity index (χ3v) is 3.34. The van der Waals surface area contributed by atoms with Gasteiger partial charge >= 0.3 is 12.0 Å². The number of benzene rings is 1. The SMILES string of the molecule is CSc1ccc(NC(=O)N(C)C(C)C(=O)O)cc1. The molecular formula is C12H16N2O3S. The van der Waals surface area contributed by atoms with E-state index < -0.39 is 18.0 Å². The van der Waals surface area contributed by atoms with E-state index in [1.165, 1.54) is 14.0 Å². The zero-order valence-corrected chi connectivity index (χ0v) is 11.3. The quantitative estimate of drug-likeness (QED) is 0.822. The van der Waals surface area contributed by atoms with Gasteiger partial charge in [0.1, 0.15) is 6.04 Å². The number of aliphatic carboxylic acids is 1. The molecule has 0 spiro atoms. The van der Waals surface area contributed by atoms with Crippen molar-refractivity contribution in [3.63, 3.8) is 0 Å². The molecule has 5 nitrogen and oxygen atoms in total. The van der Waals surface area contributed by atoms with Crippen molar-refractivity contribution >= 4 is 29.4 Å². The van der Waals surface area contributed by atoms with E-state index in [9.17, 15) is 9.59 Å². The van der Waals surface area contributed by atoms with Crippen molar-refractivity contribution in [2.24, 2.45) is 0 Å². The van der Waals surface area contributed by atoms with Crippen LogP contribution in [0.15, 0.2) is 29.2 Å². The molecule has 0 aliphatic carbocycles. The highest BCUT2D eigenvalue weighted by molar-refractivity contribution is 7.98. The van der Waals surface area contributed by atoms with Crippen LogP contribution < -0.4 is 5.32 Å². The highest BCUT2D eigenvalue weighted by Gasteiger charge is 2.21. The van der Waals surface area contributed by atoms with Crippen molar-refractivity contribution in [1.29, 1.82) is 0 Å². The zero-order valence-electron chi connectivity index (χ0n) is 10.5. The van der Waals surface area contributed by atoms with Crippen LogP contribution in [0.25, 0.3) is 0 Å². The zero-order chi connectivity index (χ0) is 13.7. The minimum absolute atomic E-state index is 0.443. The van der Waals surface area contributed by atoms with Gasteiger partial charge < -0.3 is 15.3 Å². The summed E-state index contributed by atoms with van der Waals surface area (Å²) in [6.07, 6.45) is 1.97. The molecule has 0 bridgehead atoms. The van der Waals surface area contributed by atoms with Crippen LogP contribution in [0.5, 0.6) is 0 Å². The number of carboxylic acid groups (broad SMARTS) is 1. The second-order valence-corrected chi connectivity index (χ2v) is 4.66. The van der Waals surface area contributed by atoms with Crippen molar-refractivity contribution in [3.8, 4) is 0 Å². The van der Waals surface area contributed by atoms with Gasteiger partial charge in [-0.1, -0.05) is 0 Å². The lowest BCUT2D eigenvalue weighted by molar-refractivity contribution is -0.141. The standard InChI is InChI=1S/C12H16N2O3S/c1-8(11(15)16)14(2)12(17)13-9-4-6-10(18-3)7-5-9/h4-8H,1-3H3,(H,13,17)(H,15,16). The van der Waals surface area contributed by atoms with Gasteiger partial charge in [0.25, 0.3) is 0 Å². The molecule has 1 aromatic rings. The van der Waals surface area contributed by atoms with Crippen LogP contribution in [0, 0.1) is 0 Å². The maximum Gasteiger partial charge on any atom is 0.326 e. The van der Waals surface area contributed by atoms with Crippen LogP contribution in [0.2, 0.25) is 0 Å². The summed E-state index contributed by atoms with van der Waals surface area (Å²) in [4.78, 5) is 24.8.